The highest BCUT2D eigenvalue weighted by molar-refractivity contribution is 6.19. The molecule has 0 bridgehead atoms. The molecular weight excluding hydrogens is 789 g/mol. The second-order valence-corrected chi connectivity index (χ2v) is 14.5. The van der Waals surface area contributed by atoms with Crippen molar-refractivity contribution in [2.75, 3.05) is 14.1 Å². The van der Waals surface area contributed by atoms with Gasteiger partial charge in [-0.1, -0.05) is 220 Å². The minimum Gasteiger partial charge on any atom is -0.333 e. The van der Waals surface area contributed by atoms with Crippen LogP contribution in [0.2, 0.25) is 0 Å². The number of rotatable bonds is 10. The summed E-state index contributed by atoms with van der Waals surface area (Å²) in [5.74, 6) is 0.704. The van der Waals surface area contributed by atoms with E-state index in [1.807, 2.05) is 97.1 Å². The number of fused-ring (bicyclic) bond motifs is 3. The third kappa shape index (κ3) is 14.1. The molecule has 2 N–H and O–H groups in total. The molecular formula is C61H78N4. The van der Waals surface area contributed by atoms with Crippen molar-refractivity contribution in [1.29, 1.82) is 0 Å². The van der Waals surface area contributed by atoms with Crippen LogP contribution in [0.4, 0.5) is 0 Å². The van der Waals surface area contributed by atoms with Gasteiger partial charge in [-0.05, 0) is 96.8 Å². The van der Waals surface area contributed by atoms with Crippen molar-refractivity contribution in [1.82, 2.24) is 0 Å². The SMILES string of the molecule is C/C=C\N=CCC1(C2=CCCC=C2)c2ccccc2-c2cc(C(/C=C(\C)c3ccc(C(=NC(=NC)c4ccccc4)c4ccccc4)cc3)=C/C)ccc21.CC.CC.CC.CCC.CN. The average Bonchev–Trinajstić information content (AvgIpc) is 3.67. The van der Waals surface area contributed by atoms with Crippen molar-refractivity contribution in [3.05, 3.63) is 215 Å². The summed E-state index contributed by atoms with van der Waals surface area (Å²) in [7, 11) is 3.30. The van der Waals surface area contributed by atoms with Crippen LogP contribution in [-0.2, 0) is 5.41 Å². The molecule has 0 radical (unpaired) electrons. The summed E-state index contributed by atoms with van der Waals surface area (Å²) in [6.45, 7) is 22.6. The van der Waals surface area contributed by atoms with E-state index in [-0.39, 0.29) is 5.41 Å². The Labute approximate surface area is 395 Å². The number of aliphatic imine (C=N–C) groups is 3. The predicted octanol–water partition coefficient (Wildman–Crippen LogP) is 16.7. The van der Waals surface area contributed by atoms with Crippen LogP contribution in [0.5, 0.6) is 0 Å². The molecule has 0 amide bonds. The Balaban J connectivity index is 0.00000122. The van der Waals surface area contributed by atoms with Gasteiger partial charge in [0.25, 0.3) is 0 Å². The van der Waals surface area contributed by atoms with E-state index in [2.05, 4.69) is 171 Å². The van der Waals surface area contributed by atoms with Gasteiger partial charge >= 0.3 is 0 Å². The molecule has 0 fully saturated rings. The second kappa shape index (κ2) is 30.8. The van der Waals surface area contributed by atoms with Crippen molar-refractivity contribution in [3.63, 3.8) is 0 Å². The van der Waals surface area contributed by atoms with Crippen LogP contribution in [0.25, 0.3) is 22.3 Å². The number of amidine groups is 1. The number of nitrogens with zero attached hydrogens (tertiary/aromatic N) is 3. The molecule has 65 heavy (non-hydrogen) atoms. The maximum Gasteiger partial charge on any atom is 0.154 e. The molecule has 7 rings (SSSR count). The van der Waals surface area contributed by atoms with Crippen LogP contribution in [0.1, 0.15) is 141 Å². The first-order chi connectivity index (χ1) is 32.0. The maximum absolute atomic E-state index is 5.12. The zero-order valence-electron chi connectivity index (χ0n) is 42.0. The van der Waals surface area contributed by atoms with Crippen molar-refractivity contribution < 1.29 is 0 Å². The molecule has 5 aromatic rings. The number of hydrogen-bond donors (Lipinski definition) is 1. The van der Waals surface area contributed by atoms with Gasteiger partial charge in [0.05, 0.1) is 11.1 Å². The molecule has 2 aliphatic rings. The largest absolute Gasteiger partial charge is 0.333 e. The summed E-state index contributed by atoms with van der Waals surface area (Å²) in [6.07, 6.45) is 21.8. The smallest absolute Gasteiger partial charge is 0.154 e. The Morgan fingerprint density at radius 2 is 1.18 bits per heavy atom. The van der Waals surface area contributed by atoms with Crippen LogP contribution < -0.4 is 5.73 Å². The van der Waals surface area contributed by atoms with Gasteiger partial charge in [-0.25, -0.2) is 4.99 Å². The number of nitrogens with two attached hydrogens (primary N) is 1. The number of benzene rings is 5. The lowest BCUT2D eigenvalue weighted by molar-refractivity contribution is 0.659. The van der Waals surface area contributed by atoms with E-state index in [9.17, 15) is 0 Å². The van der Waals surface area contributed by atoms with E-state index in [0.29, 0.717) is 5.84 Å². The lowest BCUT2D eigenvalue weighted by Crippen LogP contribution is -2.28. The Bertz CT molecular complexity index is 2390. The predicted molar refractivity (Wildman–Crippen MR) is 292 cm³/mol. The maximum atomic E-state index is 5.12. The first-order valence-electron chi connectivity index (χ1n) is 23.9. The Kier molecular flexibility index (Phi) is 26.0. The summed E-state index contributed by atoms with van der Waals surface area (Å²) in [6, 6.07) is 45.3. The quantitative estimate of drug-likeness (QED) is 0.0848. The van der Waals surface area contributed by atoms with Crippen LogP contribution in [0.3, 0.4) is 0 Å². The van der Waals surface area contributed by atoms with E-state index < -0.39 is 0 Å². The highest BCUT2D eigenvalue weighted by Gasteiger charge is 2.44. The van der Waals surface area contributed by atoms with Gasteiger partial charge < -0.3 is 5.73 Å². The fourth-order valence-electron chi connectivity index (χ4n) is 7.84. The van der Waals surface area contributed by atoms with E-state index in [1.165, 1.54) is 63.6 Å². The van der Waals surface area contributed by atoms with E-state index in [0.717, 1.165) is 41.7 Å². The van der Waals surface area contributed by atoms with E-state index in [1.54, 1.807) is 7.05 Å². The highest BCUT2D eigenvalue weighted by atomic mass is 14.9. The molecule has 4 heteroatoms. The summed E-state index contributed by atoms with van der Waals surface area (Å²) < 4.78 is 0. The van der Waals surface area contributed by atoms with Gasteiger partial charge in [0.1, 0.15) is 0 Å². The average molecular weight is 867 g/mol. The van der Waals surface area contributed by atoms with E-state index in [4.69, 9.17) is 4.99 Å². The molecule has 0 spiro atoms. The van der Waals surface area contributed by atoms with Crippen molar-refractivity contribution in [3.8, 4) is 11.1 Å². The van der Waals surface area contributed by atoms with Gasteiger partial charge in [-0.3, -0.25) is 9.98 Å². The summed E-state index contributed by atoms with van der Waals surface area (Å²) >= 11 is 0. The van der Waals surface area contributed by atoms with Crippen molar-refractivity contribution in [2.24, 2.45) is 20.7 Å². The lowest BCUT2D eigenvalue weighted by Gasteiger charge is -2.34. The number of allylic oxidation sites excluding steroid dienone is 9. The van der Waals surface area contributed by atoms with Crippen LogP contribution in [0, 0.1) is 0 Å². The minimum atomic E-state index is -0.275. The Morgan fingerprint density at radius 1 is 0.646 bits per heavy atom. The van der Waals surface area contributed by atoms with Crippen molar-refractivity contribution in [2.45, 2.75) is 107 Å². The summed E-state index contributed by atoms with van der Waals surface area (Å²) in [4.78, 5) is 14.3. The topological polar surface area (TPSA) is 63.1 Å². The van der Waals surface area contributed by atoms with Crippen LogP contribution in [0.15, 0.2) is 191 Å². The fraction of sp³-hybridized carbons (Fsp3) is 0.295. The fourth-order valence-corrected chi connectivity index (χ4v) is 7.84. The standard InChI is InChI=1S/C51H47N3.C3H8.3C2H6.CH5N/c1-5-33-53-34-32-51(44-22-14-9-15-23-44)47-25-17-16-24-45(47)46-36-43(30-31-48(46)51)38(6-2)35-37(3)39-26-28-41(29-27-39)49(40-18-10-7-11-19-40)54-50(52-4)42-20-12-8-13-21-42;1-3-2;4*1-2/h5-8,10-14,16-31,33-36H,9,15,32H2,1-4H3;3H2,1-2H3;3*1-2H3;2H2,1H3/b33-5-,37-35+,38-6+,52-50?,53-34?,54-49?;;;;;. The van der Waals surface area contributed by atoms with E-state index >= 15 is 0 Å². The molecule has 1 atom stereocenters. The second-order valence-electron chi connectivity index (χ2n) is 14.5. The summed E-state index contributed by atoms with van der Waals surface area (Å²) in [5.41, 5.74) is 19.6. The first-order valence-corrected chi connectivity index (χ1v) is 23.9. The zero-order valence-corrected chi connectivity index (χ0v) is 42.0. The molecule has 0 heterocycles. The molecule has 1 unspecified atom stereocenters. The molecule has 0 saturated carbocycles. The van der Waals surface area contributed by atoms with Gasteiger partial charge in [-0.2, -0.15) is 0 Å². The first kappa shape index (κ1) is 54.9. The highest BCUT2D eigenvalue weighted by Crippen LogP contribution is 2.55. The van der Waals surface area contributed by atoms with Gasteiger partial charge in [0.15, 0.2) is 5.84 Å². The zero-order chi connectivity index (χ0) is 48.0. The molecule has 0 saturated heterocycles. The Hall–Kier alpha value is -6.23. The molecule has 0 aromatic heterocycles. The minimum absolute atomic E-state index is 0.275. The summed E-state index contributed by atoms with van der Waals surface area (Å²) in [5, 5.41) is 0. The number of hydrogen-bond acceptors (Lipinski definition) is 3. The van der Waals surface area contributed by atoms with Crippen molar-refractivity contribution >= 4 is 28.9 Å². The molecule has 4 nitrogen and oxygen atoms in total. The lowest BCUT2D eigenvalue weighted by atomic mass is 9.68. The van der Waals surface area contributed by atoms with Gasteiger partial charge in [0, 0.05) is 42.6 Å². The molecule has 5 aromatic carbocycles. The van der Waals surface area contributed by atoms with Gasteiger partial charge in [-0.15, -0.1) is 0 Å². The normalized spacial score (nSPS) is 15.3. The molecule has 2 aliphatic carbocycles. The Morgan fingerprint density at radius 3 is 1.75 bits per heavy atom. The van der Waals surface area contributed by atoms with Gasteiger partial charge in [0.2, 0.25) is 0 Å². The van der Waals surface area contributed by atoms with Crippen LogP contribution >= 0.6 is 0 Å². The third-order valence-electron chi connectivity index (χ3n) is 10.5. The molecule has 0 aliphatic heterocycles. The van der Waals surface area contributed by atoms with Crippen LogP contribution in [-0.4, -0.2) is 31.9 Å². The molecule has 342 valence electrons. The monoisotopic (exact) mass is 867 g/mol. The third-order valence-corrected chi connectivity index (χ3v) is 10.5.